The molecule has 1 heterocycles. The molecule has 3 aromatic carbocycles. The van der Waals surface area contributed by atoms with Gasteiger partial charge >= 0.3 is 0 Å². The summed E-state index contributed by atoms with van der Waals surface area (Å²) in [5.74, 6) is -0.867. The number of carbonyl (C=O) groups is 2. The zero-order valence-corrected chi connectivity index (χ0v) is 14.5. The molecule has 0 saturated carbocycles. The second kappa shape index (κ2) is 7.05. The summed E-state index contributed by atoms with van der Waals surface area (Å²) in [7, 11) is 0. The van der Waals surface area contributed by atoms with Crippen molar-refractivity contribution in [1.29, 1.82) is 0 Å². The van der Waals surface area contributed by atoms with Crippen molar-refractivity contribution in [3.63, 3.8) is 0 Å². The molecule has 1 atom stereocenters. The monoisotopic (exact) mass is 358 g/mol. The van der Waals surface area contributed by atoms with Gasteiger partial charge in [0.05, 0.1) is 0 Å². The van der Waals surface area contributed by atoms with Crippen LogP contribution in [0, 0.1) is 0 Å². The van der Waals surface area contributed by atoms with Gasteiger partial charge in [-0.1, -0.05) is 66.7 Å². The number of hydrogen-bond donors (Lipinski definition) is 2. The minimum Gasteiger partial charge on any atom is -0.318 e. The summed E-state index contributed by atoms with van der Waals surface area (Å²) >= 11 is 0. The molecule has 0 radical (unpaired) electrons. The number of benzene rings is 3. The van der Waals surface area contributed by atoms with Crippen molar-refractivity contribution in [3.05, 3.63) is 95.6 Å². The number of rotatable bonds is 3. The molecule has 0 aromatic heterocycles. The van der Waals surface area contributed by atoms with Gasteiger partial charge in [-0.3, -0.25) is 14.8 Å². The first-order valence-corrected chi connectivity index (χ1v) is 8.67. The highest BCUT2D eigenvalue weighted by atomic mass is 16.5. The largest absolute Gasteiger partial charge is 0.318 e. The van der Waals surface area contributed by atoms with Crippen LogP contribution in [0.25, 0.3) is 11.1 Å². The van der Waals surface area contributed by atoms with Crippen LogP contribution in [0.1, 0.15) is 27.5 Å². The molecule has 0 saturated heterocycles. The van der Waals surface area contributed by atoms with Crippen LogP contribution in [0.5, 0.6) is 0 Å². The molecular formula is C22H18N2O3. The SMILES string of the molecule is O=C(NO)C1c2ccccc2CN1C(=O)c1ccc(-c2ccccc2)cc1. The Morgan fingerprint density at radius 2 is 1.48 bits per heavy atom. The zero-order valence-electron chi connectivity index (χ0n) is 14.5. The number of amides is 2. The van der Waals surface area contributed by atoms with Gasteiger partial charge < -0.3 is 4.90 Å². The summed E-state index contributed by atoms with van der Waals surface area (Å²) in [4.78, 5) is 26.7. The fraction of sp³-hybridized carbons (Fsp3) is 0.0909. The molecule has 0 aliphatic carbocycles. The highest BCUT2D eigenvalue weighted by Gasteiger charge is 2.38. The predicted octanol–water partition coefficient (Wildman–Crippen LogP) is 3.56. The van der Waals surface area contributed by atoms with E-state index in [2.05, 4.69) is 0 Å². The lowest BCUT2D eigenvalue weighted by molar-refractivity contribution is -0.133. The third-order valence-electron chi connectivity index (χ3n) is 4.86. The van der Waals surface area contributed by atoms with Gasteiger partial charge in [0, 0.05) is 12.1 Å². The normalized spacial score (nSPS) is 15.3. The average Bonchev–Trinajstić information content (AvgIpc) is 3.13. The first-order valence-electron chi connectivity index (χ1n) is 8.67. The molecule has 5 nitrogen and oxygen atoms in total. The lowest BCUT2D eigenvalue weighted by atomic mass is 10.0. The van der Waals surface area contributed by atoms with Gasteiger partial charge in [-0.05, 0) is 34.4 Å². The molecule has 0 fully saturated rings. The zero-order chi connectivity index (χ0) is 18.8. The Kier molecular flexibility index (Phi) is 4.44. The fourth-order valence-electron chi connectivity index (χ4n) is 3.52. The second-order valence-corrected chi connectivity index (χ2v) is 6.45. The predicted molar refractivity (Wildman–Crippen MR) is 101 cm³/mol. The van der Waals surface area contributed by atoms with Crippen LogP contribution in [-0.4, -0.2) is 21.9 Å². The number of hydrogen-bond acceptors (Lipinski definition) is 3. The third kappa shape index (κ3) is 3.09. The molecule has 5 heteroatoms. The summed E-state index contributed by atoms with van der Waals surface area (Å²) in [5, 5.41) is 9.12. The van der Waals surface area contributed by atoms with E-state index >= 15 is 0 Å². The number of nitrogens with one attached hydrogen (secondary N) is 1. The molecular weight excluding hydrogens is 340 g/mol. The van der Waals surface area contributed by atoms with Gasteiger partial charge in [-0.2, -0.15) is 0 Å². The maximum absolute atomic E-state index is 13.1. The van der Waals surface area contributed by atoms with Crippen molar-refractivity contribution < 1.29 is 14.8 Å². The van der Waals surface area contributed by atoms with Crippen molar-refractivity contribution in [2.45, 2.75) is 12.6 Å². The quantitative estimate of drug-likeness (QED) is 0.556. The summed E-state index contributed by atoms with van der Waals surface area (Å²) in [5.41, 5.74) is 5.91. The third-order valence-corrected chi connectivity index (χ3v) is 4.86. The number of fused-ring (bicyclic) bond motifs is 1. The summed E-state index contributed by atoms with van der Waals surface area (Å²) in [6.45, 7) is 0.327. The molecule has 0 spiro atoms. The van der Waals surface area contributed by atoms with E-state index in [0.29, 0.717) is 12.1 Å². The van der Waals surface area contributed by atoms with Crippen LogP contribution < -0.4 is 5.48 Å². The van der Waals surface area contributed by atoms with Gasteiger partial charge in [-0.15, -0.1) is 0 Å². The van der Waals surface area contributed by atoms with Gasteiger partial charge in [0.15, 0.2) is 0 Å². The van der Waals surface area contributed by atoms with Crippen molar-refractivity contribution in [1.82, 2.24) is 10.4 Å². The van der Waals surface area contributed by atoms with E-state index in [9.17, 15) is 9.59 Å². The van der Waals surface area contributed by atoms with Crippen molar-refractivity contribution in [2.75, 3.05) is 0 Å². The number of carbonyl (C=O) groups excluding carboxylic acids is 2. The molecule has 1 aliphatic heterocycles. The second-order valence-electron chi connectivity index (χ2n) is 6.45. The standard InChI is InChI=1S/C22H18N2O3/c25-21(23-27)20-19-9-5-4-8-18(19)14-24(20)22(26)17-12-10-16(11-13-17)15-6-2-1-3-7-15/h1-13,20,27H,14H2,(H,23,25). The molecule has 2 amide bonds. The number of nitrogens with zero attached hydrogens (tertiary/aromatic N) is 1. The average molecular weight is 358 g/mol. The molecule has 1 unspecified atom stereocenters. The number of hydroxylamine groups is 1. The lowest BCUT2D eigenvalue weighted by Gasteiger charge is -2.23. The Bertz CT molecular complexity index is 984. The molecule has 3 aromatic rings. The van der Waals surface area contributed by atoms with Crippen LogP contribution in [-0.2, 0) is 11.3 Å². The maximum atomic E-state index is 13.1. The van der Waals surface area contributed by atoms with Crippen LogP contribution in [0.2, 0.25) is 0 Å². The topological polar surface area (TPSA) is 69.6 Å². The first-order chi connectivity index (χ1) is 13.2. The van der Waals surface area contributed by atoms with E-state index in [-0.39, 0.29) is 5.91 Å². The Morgan fingerprint density at radius 3 is 2.19 bits per heavy atom. The first kappa shape index (κ1) is 17.0. The minimum absolute atomic E-state index is 0.251. The fourth-order valence-corrected chi connectivity index (χ4v) is 3.52. The van der Waals surface area contributed by atoms with Crippen molar-refractivity contribution in [3.8, 4) is 11.1 Å². The van der Waals surface area contributed by atoms with Gasteiger partial charge in [0.25, 0.3) is 11.8 Å². The van der Waals surface area contributed by atoms with Crippen LogP contribution in [0.15, 0.2) is 78.9 Å². The highest BCUT2D eigenvalue weighted by molar-refractivity contribution is 5.99. The van der Waals surface area contributed by atoms with Crippen molar-refractivity contribution >= 4 is 11.8 Å². The van der Waals surface area contributed by atoms with E-state index in [1.165, 1.54) is 4.90 Å². The van der Waals surface area contributed by atoms with E-state index in [4.69, 9.17) is 5.21 Å². The maximum Gasteiger partial charge on any atom is 0.270 e. The highest BCUT2D eigenvalue weighted by Crippen LogP contribution is 2.35. The van der Waals surface area contributed by atoms with E-state index in [0.717, 1.165) is 22.3 Å². The van der Waals surface area contributed by atoms with Gasteiger partial charge in [0.1, 0.15) is 6.04 Å². The van der Waals surface area contributed by atoms with Gasteiger partial charge in [-0.25, -0.2) is 5.48 Å². The Hall–Kier alpha value is -3.44. The van der Waals surface area contributed by atoms with E-state index in [1.54, 1.807) is 23.7 Å². The lowest BCUT2D eigenvalue weighted by Crippen LogP contribution is -2.38. The van der Waals surface area contributed by atoms with Crippen LogP contribution in [0.4, 0.5) is 0 Å². The molecule has 2 N–H and O–H groups in total. The molecule has 134 valence electrons. The molecule has 1 aliphatic rings. The smallest absolute Gasteiger partial charge is 0.270 e. The van der Waals surface area contributed by atoms with Crippen LogP contribution >= 0.6 is 0 Å². The molecule has 27 heavy (non-hydrogen) atoms. The van der Waals surface area contributed by atoms with Crippen LogP contribution in [0.3, 0.4) is 0 Å². The van der Waals surface area contributed by atoms with Crippen molar-refractivity contribution in [2.24, 2.45) is 0 Å². The summed E-state index contributed by atoms with van der Waals surface area (Å²) in [6.07, 6.45) is 0. The molecule has 4 rings (SSSR count). The Morgan fingerprint density at radius 1 is 0.852 bits per heavy atom. The van der Waals surface area contributed by atoms with Gasteiger partial charge in [0.2, 0.25) is 0 Å². The molecule has 0 bridgehead atoms. The summed E-state index contributed by atoms with van der Waals surface area (Å²) < 4.78 is 0. The minimum atomic E-state index is -0.840. The summed E-state index contributed by atoms with van der Waals surface area (Å²) in [6, 6.07) is 23.8. The van der Waals surface area contributed by atoms with E-state index in [1.807, 2.05) is 60.7 Å². The Labute approximate surface area is 156 Å². The Balaban J connectivity index is 1.63. The van der Waals surface area contributed by atoms with E-state index < -0.39 is 11.9 Å².